The van der Waals surface area contributed by atoms with Gasteiger partial charge in [0.05, 0.1) is 12.8 Å². The summed E-state index contributed by atoms with van der Waals surface area (Å²) in [7, 11) is 0. The van der Waals surface area contributed by atoms with Gasteiger partial charge in [-0.2, -0.15) is 0 Å². The monoisotopic (exact) mass is 516 g/mol. The molecule has 3 aromatic carbocycles. The van der Waals surface area contributed by atoms with Gasteiger partial charge < -0.3 is 20.1 Å². The topological polar surface area (TPSA) is 130 Å². The normalized spacial score (nSPS) is 14.3. The summed E-state index contributed by atoms with van der Waals surface area (Å²) in [6.07, 6.45) is -0.176. The Morgan fingerprint density at radius 3 is 2.47 bits per heavy atom. The quantitative estimate of drug-likeness (QED) is 0.396. The number of fused-ring (bicyclic) bond motifs is 2. The third kappa shape index (κ3) is 6.23. The molecule has 0 bridgehead atoms. The lowest BCUT2D eigenvalue weighted by Crippen LogP contribution is -2.54. The highest BCUT2D eigenvalue weighted by Crippen LogP contribution is 2.21. The third-order valence-electron chi connectivity index (χ3n) is 6.60. The van der Waals surface area contributed by atoms with Crippen molar-refractivity contribution in [2.24, 2.45) is 0 Å². The van der Waals surface area contributed by atoms with Crippen molar-refractivity contribution in [1.82, 2.24) is 10.2 Å². The average molecular weight is 517 g/mol. The molecule has 2 atom stereocenters. The molecule has 0 aromatic heterocycles. The molecule has 0 saturated carbocycles. The Morgan fingerprint density at radius 2 is 1.71 bits per heavy atom. The summed E-state index contributed by atoms with van der Waals surface area (Å²) in [4.78, 5) is 63.7. The number of Topliss-reactive ketones (excluding diaryl/α,β-unsaturated/α-hetero) is 1. The number of benzene rings is 3. The smallest absolute Gasteiger partial charge is 0.310 e. The molecule has 2 N–H and O–H groups in total. The van der Waals surface area contributed by atoms with E-state index in [1.54, 1.807) is 18.2 Å². The first-order chi connectivity index (χ1) is 18.2. The maximum Gasteiger partial charge on any atom is 0.310 e. The van der Waals surface area contributed by atoms with Gasteiger partial charge in [0.25, 0.3) is 5.91 Å². The van der Waals surface area contributed by atoms with Crippen LogP contribution in [-0.2, 0) is 36.8 Å². The number of carboxylic acids is 1. The van der Waals surface area contributed by atoms with Crippen molar-refractivity contribution in [3.05, 3.63) is 83.4 Å². The van der Waals surface area contributed by atoms with Crippen LogP contribution in [0.3, 0.4) is 0 Å². The zero-order valence-electron chi connectivity index (χ0n) is 20.9. The summed E-state index contributed by atoms with van der Waals surface area (Å²) >= 11 is 0. The van der Waals surface area contributed by atoms with E-state index in [-0.39, 0.29) is 12.3 Å². The fourth-order valence-corrected chi connectivity index (χ4v) is 4.49. The van der Waals surface area contributed by atoms with Gasteiger partial charge in [0.1, 0.15) is 12.1 Å². The molecular formula is C29H28N2O7. The molecule has 9 nitrogen and oxygen atoms in total. The minimum Gasteiger partial charge on any atom is -0.481 e. The van der Waals surface area contributed by atoms with Crippen molar-refractivity contribution in [1.29, 1.82) is 0 Å². The van der Waals surface area contributed by atoms with Gasteiger partial charge in [-0.25, -0.2) is 0 Å². The predicted molar refractivity (Wildman–Crippen MR) is 138 cm³/mol. The molecule has 1 heterocycles. The lowest BCUT2D eigenvalue weighted by atomic mass is 9.97. The van der Waals surface area contributed by atoms with Gasteiger partial charge in [0, 0.05) is 12.1 Å². The molecule has 0 saturated heterocycles. The number of carbonyl (C=O) groups excluding carboxylic acids is 4. The Hall–Kier alpha value is -4.53. The minimum atomic E-state index is -1.41. The van der Waals surface area contributed by atoms with Crippen LogP contribution >= 0.6 is 0 Å². The number of aliphatic carboxylic acids is 1. The van der Waals surface area contributed by atoms with Crippen molar-refractivity contribution in [3.8, 4) is 0 Å². The van der Waals surface area contributed by atoms with E-state index in [2.05, 4.69) is 5.32 Å². The first-order valence-electron chi connectivity index (χ1n) is 12.3. The number of carbonyl (C=O) groups is 5. The molecule has 0 fully saturated rings. The van der Waals surface area contributed by atoms with Gasteiger partial charge >= 0.3 is 11.9 Å². The Bertz CT molecular complexity index is 1400. The molecule has 3 aromatic rings. The van der Waals surface area contributed by atoms with E-state index in [0.717, 1.165) is 16.3 Å². The fraction of sp³-hybridized carbons (Fsp3) is 0.276. The summed E-state index contributed by atoms with van der Waals surface area (Å²) in [5.74, 6) is -3.69. The van der Waals surface area contributed by atoms with Crippen LogP contribution in [0.2, 0.25) is 0 Å². The van der Waals surface area contributed by atoms with Gasteiger partial charge in [-0.15, -0.1) is 0 Å². The van der Waals surface area contributed by atoms with Crippen LogP contribution in [0.25, 0.3) is 10.8 Å². The molecular weight excluding hydrogens is 488 g/mol. The van der Waals surface area contributed by atoms with Crippen LogP contribution in [-0.4, -0.2) is 64.8 Å². The minimum absolute atomic E-state index is 0.0658. The van der Waals surface area contributed by atoms with Crippen molar-refractivity contribution in [2.45, 2.75) is 38.3 Å². The predicted octanol–water partition coefficient (Wildman–Crippen LogP) is 2.54. The second-order valence-electron chi connectivity index (χ2n) is 9.23. The number of carboxylic acid groups (broad SMARTS) is 1. The van der Waals surface area contributed by atoms with E-state index in [9.17, 15) is 29.1 Å². The van der Waals surface area contributed by atoms with E-state index >= 15 is 0 Å². The molecule has 1 aliphatic rings. The summed E-state index contributed by atoms with van der Waals surface area (Å²) in [5.41, 5.74) is 2.11. The van der Waals surface area contributed by atoms with E-state index in [4.69, 9.17) is 4.74 Å². The number of nitrogens with one attached hydrogen (secondary N) is 1. The van der Waals surface area contributed by atoms with Gasteiger partial charge in [-0.3, -0.25) is 24.0 Å². The van der Waals surface area contributed by atoms with Crippen molar-refractivity contribution >= 4 is 40.3 Å². The van der Waals surface area contributed by atoms with Gasteiger partial charge in [0.15, 0.2) is 12.4 Å². The number of nitrogens with zero attached hydrogens (tertiary/aromatic N) is 1. The van der Waals surface area contributed by atoms with Crippen LogP contribution in [0.15, 0.2) is 66.7 Å². The van der Waals surface area contributed by atoms with E-state index in [1.807, 2.05) is 48.5 Å². The van der Waals surface area contributed by atoms with Crippen LogP contribution in [0.1, 0.15) is 34.8 Å². The number of hydrogen-bond donors (Lipinski definition) is 2. The number of hydrogen-bond acceptors (Lipinski definition) is 6. The molecule has 0 aliphatic carbocycles. The Morgan fingerprint density at radius 1 is 1.00 bits per heavy atom. The summed E-state index contributed by atoms with van der Waals surface area (Å²) in [5, 5.41) is 13.7. The summed E-state index contributed by atoms with van der Waals surface area (Å²) < 4.78 is 5.10. The Kier molecular flexibility index (Phi) is 8.15. The molecule has 9 heteroatoms. The number of esters is 1. The number of rotatable bonds is 10. The first-order valence-corrected chi connectivity index (χ1v) is 12.3. The molecule has 196 valence electrons. The van der Waals surface area contributed by atoms with Gasteiger partial charge in [0.2, 0.25) is 5.91 Å². The maximum absolute atomic E-state index is 12.9. The summed E-state index contributed by atoms with van der Waals surface area (Å²) in [6.45, 7) is 1.15. The molecule has 2 unspecified atom stereocenters. The summed E-state index contributed by atoms with van der Waals surface area (Å²) in [6, 6.07) is 18.0. The lowest BCUT2D eigenvalue weighted by molar-refractivity contribution is -0.148. The third-order valence-corrected chi connectivity index (χ3v) is 6.60. The van der Waals surface area contributed by atoms with Crippen molar-refractivity contribution in [3.63, 3.8) is 0 Å². The standard InChI is InChI=1S/C29H28N2O7/c1-18(31-13-12-21-7-4-5-9-23(21)29(31)37)28(36)30-24(16-26(33)34)25(32)17-38-27(35)15-19-10-11-20-6-2-3-8-22(20)14-19/h2-11,14,18,24H,12-13,15-17H2,1H3,(H,30,36)(H,33,34). The molecule has 0 spiro atoms. The highest BCUT2D eigenvalue weighted by molar-refractivity contribution is 6.00. The van der Waals surface area contributed by atoms with Gasteiger partial charge in [-0.1, -0.05) is 60.7 Å². The largest absolute Gasteiger partial charge is 0.481 e. The Balaban J connectivity index is 1.34. The van der Waals surface area contributed by atoms with Crippen LogP contribution in [0.4, 0.5) is 0 Å². The van der Waals surface area contributed by atoms with Crippen LogP contribution < -0.4 is 5.32 Å². The number of ketones is 1. The SMILES string of the molecule is CC(C(=O)NC(CC(=O)O)C(=O)COC(=O)Cc1ccc2ccccc2c1)N1CCc2ccccc2C1=O. The van der Waals surface area contributed by atoms with Crippen molar-refractivity contribution < 1.29 is 33.8 Å². The second kappa shape index (κ2) is 11.7. The number of ether oxygens (including phenoxy) is 1. The average Bonchev–Trinajstić information content (AvgIpc) is 2.91. The number of amides is 2. The zero-order valence-corrected chi connectivity index (χ0v) is 20.9. The van der Waals surface area contributed by atoms with E-state index in [0.29, 0.717) is 24.1 Å². The molecule has 4 rings (SSSR count). The maximum atomic E-state index is 12.9. The van der Waals surface area contributed by atoms with Crippen molar-refractivity contribution in [2.75, 3.05) is 13.2 Å². The van der Waals surface area contributed by atoms with E-state index in [1.165, 1.54) is 11.8 Å². The highest BCUT2D eigenvalue weighted by atomic mass is 16.5. The first kappa shape index (κ1) is 26.5. The molecule has 38 heavy (non-hydrogen) atoms. The fourth-order valence-electron chi connectivity index (χ4n) is 4.49. The van der Waals surface area contributed by atoms with Crippen LogP contribution in [0, 0.1) is 0 Å². The molecule has 2 amide bonds. The second-order valence-corrected chi connectivity index (χ2v) is 9.23. The molecule has 0 radical (unpaired) electrons. The highest BCUT2D eigenvalue weighted by Gasteiger charge is 2.33. The zero-order chi connectivity index (χ0) is 27.2. The Labute approximate surface area is 219 Å². The van der Waals surface area contributed by atoms with E-state index < -0.39 is 48.7 Å². The van der Waals surface area contributed by atoms with Gasteiger partial charge in [-0.05, 0) is 41.3 Å². The molecule has 1 aliphatic heterocycles. The van der Waals surface area contributed by atoms with Crippen LogP contribution in [0.5, 0.6) is 0 Å². The lowest BCUT2D eigenvalue weighted by Gasteiger charge is -2.33.